The van der Waals surface area contributed by atoms with Crippen LogP contribution in [0.1, 0.15) is 44.3 Å². The van der Waals surface area contributed by atoms with Crippen LogP contribution in [0.25, 0.3) is 11.5 Å². The van der Waals surface area contributed by atoms with E-state index in [4.69, 9.17) is 4.52 Å². The highest BCUT2D eigenvalue weighted by Gasteiger charge is 2.26. The molecule has 1 aromatic carbocycles. The van der Waals surface area contributed by atoms with Gasteiger partial charge in [-0.1, -0.05) is 29.8 Å². The summed E-state index contributed by atoms with van der Waals surface area (Å²) in [5.41, 5.74) is 0.953. The third-order valence-corrected chi connectivity index (χ3v) is 5.49. The van der Waals surface area contributed by atoms with Crippen molar-refractivity contribution in [2.75, 3.05) is 19.6 Å². The van der Waals surface area contributed by atoms with Gasteiger partial charge >= 0.3 is 0 Å². The Balaban J connectivity index is 1.37. The third-order valence-electron chi connectivity index (χ3n) is 5.49. The maximum atomic E-state index is 11.8. The summed E-state index contributed by atoms with van der Waals surface area (Å²) in [6.07, 6.45) is 6.43. The first-order valence-electron chi connectivity index (χ1n) is 9.69. The van der Waals surface area contributed by atoms with Crippen LogP contribution in [0.3, 0.4) is 0 Å². The van der Waals surface area contributed by atoms with E-state index in [1.807, 2.05) is 35.2 Å². The first-order valence-corrected chi connectivity index (χ1v) is 9.69. The molecule has 138 valence electrons. The van der Waals surface area contributed by atoms with Gasteiger partial charge in [-0.15, -0.1) is 0 Å². The fraction of sp³-hybridized carbons (Fsp3) is 0.550. The molecule has 1 aromatic heterocycles. The van der Waals surface area contributed by atoms with Crippen molar-refractivity contribution in [1.82, 2.24) is 19.9 Å². The van der Waals surface area contributed by atoms with Gasteiger partial charge in [0.25, 0.3) is 5.89 Å². The number of piperidine rings is 1. The summed E-state index contributed by atoms with van der Waals surface area (Å²) in [6.45, 7) is 3.58. The van der Waals surface area contributed by atoms with E-state index in [0.717, 1.165) is 56.8 Å². The Morgan fingerprint density at radius 1 is 1.12 bits per heavy atom. The van der Waals surface area contributed by atoms with Crippen LogP contribution in [-0.4, -0.2) is 51.5 Å². The van der Waals surface area contributed by atoms with E-state index in [-0.39, 0.29) is 0 Å². The lowest BCUT2D eigenvalue weighted by Gasteiger charge is -2.35. The minimum Gasteiger partial charge on any atom is -0.343 e. The van der Waals surface area contributed by atoms with E-state index in [2.05, 4.69) is 15.0 Å². The number of hydrogen-bond acceptors (Lipinski definition) is 5. The van der Waals surface area contributed by atoms with Crippen LogP contribution in [0.15, 0.2) is 34.9 Å². The lowest BCUT2D eigenvalue weighted by molar-refractivity contribution is -0.127. The number of rotatable bonds is 6. The second-order valence-corrected chi connectivity index (χ2v) is 7.27. The number of carbonyl (C=O) groups excluding carboxylic acids is 1. The van der Waals surface area contributed by atoms with Gasteiger partial charge in [0.1, 0.15) is 0 Å². The maximum absolute atomic E-state index is 11.8. The molecule has 2 aliphatic heterocycles. The van der Waals surface area contributed by atoms with E-state index in [1.54, 1.807) is 0 Å². The van der Waals surface area contributed by atoms with Crippen molar-refractivity contribution in [1.29, 1.82) is 0 Å². The van der Waals surface area contributed by atoms with E-state index in [0.29, 0.717) is 17.8 Å². The molecule has 3 heterocycles. The molecule has 6 heteroatoms. The molecule has 0 spiro atoms. The SMILES string of the molecule is O=C1CCCN1CC[C@H]1CCCCN1Cc1noc(-c2ccccc2)n1. The highest BCUT2D eigenvalue weighted by atomic mass is 16.5. The van der Waals surface area contributed by atoms with Crippen LogP contribution in [0.5, 0.6) is 0 Å². The Bertz CT molecular complexity index is 730. The molecule has 0 aliphatic carbocycles. The number of carbonyl (C=O) groups is 1. The van der Waals surface area contributed by atoms with Crippen LogP contribution in [0.4, 0.5) is 0 Å². The summed E-state index contributed by atoms with van der Waals surface area (Å²) in [5.74, 6) is 1.64. The first kappa shape index (κ1) is 17.2. The summed E-state index contributed by atoms with van der Waals surface area (Å²) in [5, 5.41) is 4.18. The van der Waals surface area contributed by atoms with E-state index < -0.39 is 0 Å². The Morgan fingerprint density at radius 3 is 2.81 bits per heavy atom. The minimum absolute atomic E-state index is 0.318. The van der Waals surface area contributed by atoms with Crippen LogP contribution in [-0.2, 0) is 11.3 Å². The summed E-state index contributed by atoms with van der Waals surface area (Å²) < 4.78 is 5.44. The van der Waals surface area contributed by atoms with Crippen molar-refractivity contribution in [2.45, 2.75) is 51.1 Å². The zero-order chi connectivity index (χ0) is 17.8. The number of aromatic nitrogens is 2. The van der Waals surface area contributed by atoms with Gasteiger partial charge < -0.3 is 9.42 Å². The van der Waals surface area contributed by atoms with Gasteiger partial charge in [-0.25, -0.2) is 0 Å². The first-order chi connectivity index (χ1) is 12.8. The summed E-state index contributed by atoms with van der Waals surface area (Å²) in [7, 11) is 0. The molecule has 4 rings (SSSR count). The van der Waals surface area contributed by atoms with E-state index >= 15 is 0 Å². The van der Waals surface area contributed by atoms with Crippen LogP contribution < -0.4 is 0 Å². The van der Waals surface area contributed by atoms with Crippen molar-refractivity contribution in [2.24, 2.45) is 0 Å². The molecule has 2 aliphatic rings. The lowest BCUT2D eigenvalue weighted by atomic mass is 9.99. The predicted octanol–water partition coefficient (Wildman–Crippen LogP) is 3.10. The quantitative estimate of drug-likeness (QED) is 0.798. The van der Waals surface area contributed by atoms with Gasteiger partial charge in [-0.05, 0) is 44.4 Å². The Labute approximate surface area is 154 Å². The zero-order valence-corrected chi connectivity index (χ0v) is 15.1. The molecule has 26 heavy (non-hydrogen) atoms. The largest absolute Gasteiger partial charge is 0.343 e. The number of likely N-dealkylation sites (tertiary alicyclic amines) is 2. The monoisotopic (exact) mass is 354 g/mol. The topological polar surface area (TPSA) is 62.5 Å². The average molecular weight is 354 g/mol. The highest BCUT2D eigenvalue weighted by molar-refractivity contribution is 5.78. The fourth-order valence-corrected chi connectivity index (χ4v) is 4.04. The smallest absolute Gasteiger partial charge is 0.257 e. The van der Waals surface area contributed by atoms with Crippen molar-refractivity contribution >= 4 is 5.91 Å². The van der Waals surface area contributed by atoms with E-state index in [9.17, 15) is 4.79 Å². The molecule has 0 bridgehead atoms. The molecule has 0 N–H and O–H groups in total. The number of nitrogens with zero attached hydrogens (tertiary/aromatic N) is 4. The number of benzene rings is 1. The van der Waals surface area contributed by atoms with Gasteiger partial charge in [-0.3, -0.25) is 9.69 Å². The van der Waals surface area contributed by atoms with Gasteiger partial charge in [0.05, 0.1) is 6.54 Å². The normalized spacial score (nSPS) is 21.5. The van der Waals surface area contributed by atoms with Crippen molar-refractivity contribution < 1.29 is 9.32 Å². The molecule has 0 saturated carbocycles. The zero-order valence-electron chi connectivity index (χ0n) is 15.1. The molecule has 6 nitrogen and oxygen atoms in total. The molecular formula is C20H26N4O2. The molecule has 0 radical (unpaired) electrons. The number of hydrogen-bond donors (Lipinski definition) is 0. The highest BCUT2D eigenvalue weighted by Crippen LogP contribution is 2.24. The molecule has 2 saturated heterocycles. The summed E-state index contributed by atoms with van der Waals surface area (Å²) in [4.78, 5) is 20.9. The van der Waals surface area contributed by atoms with Gasteiger partial charge in [0, 0.05) is 31.1 Å². The Kier molecular flexibility index (Phi) is 5.29. The molecule has 0 unspecified atom stereocenters. The van der Waals surface area contributed by atoms with Gasteiger partial charge in [-0.2, -0.15) is 4.98 Å². The van der Waals surface area contributed by atoms with Crippen molar-refractivity contribution in [3.05, 3.63) is 36.2 Å². The van der Waals surface area contributed by atoms with Gasteiger partial charge in [0.2, 0.25) is 5.91 Å². The van der Waals surface area contributed by atoms with Crippen LogP contribution in [0, 0.1) is 0 Å². The minimum atomic E-state index is 0.318. The fourth-order valence-electron chi connectivity index (χ4n) is 4.04. The van der Waals surface area contributed by atoms with Crippen molar-refractivity contribution in [3.63, 3.8) is 0 Å². The van der Waals surface area contributed by atoms with Gasteiger partial charge in [0.15, 0.2) is 5.82 Å². The second-order valence-electron chi connectivity index (χ2n) is 7.27. The molecule has 1 atom stereocenters. The standard InChI is InChI=1S/C20H26N4O2/c25-19-10-6-13-23(19)14-11-17-9-4-5-12-24(17)15-18-21-20(26-22-18)16-7-2-1-3-8-16/h1-3,7-8,17H,4-6,9-15H2/t17-/m1/s1. The Morgan fingerprint density at radius 2 is 2.00 bits per heavy atom. The van der Waals surface area contributed by atoms with E-state index in [1.165, 1.54) is 19.3 Å². The third kappa shape index (κ3) is 3.96. The van der Waals surface area contributed by atoms with Crippen LogP contribution in [0.2, 0.25) is 0 Å². The molecular weight excluding hydrogens is 328 g/mol. The summed E-state index contributed by atoms with van der Waals surface area (Å²) >= 11 is 0. The number of amides is 1. The molecule has 1 amide bonds. The average Bonchev–Trinajstić information content (AvgIpc) is 3.31. The van der Waals surface area contributed by atoms with Crippen LogP contribution >= 0.6 is 0 Å². The summed E-state index contributed by atoms with van der Waals surface area (Å²) in [6, 6.07) is 10.4. The van der Waals surface area contributed by atoms with Crippen molar-refractivity contribution in [3.8, 4) is 11.5 Å². The lowest BCUT2D eigenvalue weighted by Crippen LogP contribution is -2.41. The second kappa shape index (κ2) is 7.99. The predicted molar refractivity (Wildman–Crippen MR) is 98.2 cm³/mol. The Hall–Kier alpha value is -2.21. The maximum Gasteiger partial charge on any atom is 0.257 e. The molecule has 2 aromatic rings. The molecule has 2 fully saturated rings.